The molecule has 2 heteroatoms. The molecule has 0 saturated carbocycles. The lowest BCUT2D eigenvalue weighted by Gasteiger charge is -2.03. The van der Waals surface area contributed by atoms with E-state index in [0.29, 0.717) is 5.56 Å². The summed E-state index contributed by atoms with van der Waals surface area (Å²) in [5.41, 5.74) is 3.68. The van der Waals surface area contributed by atoms with Crippen molar-refractivity contribution in [2.45, 2.75) is 6.92 Å². The van der Waals surface area contributed by atoms with Crippen LogP contribution in [0.25, 0.3) is 16.3 Å². The third kappa shape index (κ3) is 1.85. The number of aryl methyl sites for hydroxylation is 1. The molecule has 0 radical (unpaired) electrons. The molecule has 0 amide bonds. The number of pyridine rings is 1. The van der Waals surface area contributed by atoms with Gasteiger partial charge in [-0.15, -0.1) is 0 Å². The number of hydrogen-bond donors (Lipinski definition) is 0. The van der Waals surface area contributed by atoms with E-state index in [2.05, 4.69) is 31.2 Å². The highest BCUT2D eigenvalue weighted by atomic mass is 16.1. The molecule has 4 aromatic rings. The lowest BCUT2D eigenvalue weighted by molar-refractivity contribution is 0.103. The lowest BCUT2D eigenvalue weighted by atomic mass is 10.0. The Morgan fingerprint density at radius 2 is 1.64 bits per heavy atom. The largest absolute Gasteiger partial charge is 0.313 e. The summed E-state index contributed by atoms with van der Waals surface area (Å²) in [4.78, 5) is 13.0. The highest BCUT2D eigenvalue weighted by Gasteiger charge is 2.18. The molecule has 106 valence electrons. The molecule has 22 heavy (non-hydrogen) atoms. The van der Waals surface area contributed by atoms with Gasteiger partial charge >= 0.3 is 0 Å². The van der Waals surface area contributed by atoms with Crippen LogP contribution in [-0.4, -0.2) is 10.2 Å². The zero-order valence-corrected chi connectivity index (χ0v) is 12.3. The Morgan fingerprint density at radius 3 is 2.45 bits per heavy atom. The highest BCUT2D eigenvalue weighted by Crippen LogP contribution is 2.29. The monoisotopic (exact) mass is 285 g/mol. The van der Waals surface area contributed by atoms with Crippen molar-refractivity contribution >= 4 is 22.1 Å². The standard InChI is InChI=1S/C20H15NO/c1-14-10-11-16-17(13-14)19(21-12-6-5-9-18(16)21)20(22)15-7-3-2-4-8-15/h2-13H,1H3. The van der Waals surface area contributed by atoms with Crippen molar-refractivity contribution in [3.63, 3.8) is 0 Å². The first-order valence-corrected chi connectivity index (χ1v) is 7.35. The van der Waals surface area contributed by atoms with Crippen LogP contribution in [0.15, 0.2) is 72.9 Å². The van der Waals surface area contributed by atoms with Crippen molar-refractivity contribution in [1.82, 2.24) is 4.40 Å². The molecular formula is C20H15NO. The van der Waals surface area contributed by atoms with Crippen LogP contribution in [0, 0.1) is 6.92 Å². The van der Waals surface area contributed by atoms with Gasteiger partial charge in [-0.3, -0.25) is 4.79 Å². The fraction of sp³-hybridized carbons (Fsp3) is 0.0500. The molecule has 0 saturated heterocycles. The van der Waals surface area contributed by atoms with Gasteiger partial charge < -0.3 is 4.40 Å². The van der Waals surface area contributed by atoms with Crippen LogP contribution in [-0.2, 0) is 0 Å². The number of fused-ring (bicyclic) bond motifs is 3. The van der Waals surface area contributed by atoms with Crippen LogP contribution in [0.5, 0.6) is 0 Å². The second-order valence-corrected chi connectivity index (χ2v) is 5.55. The van der Waals surface area contributed by atoms with Crippen molar-refractivity contribution in [1.29, 1.82) is 0 Å². The first-order valence-electron chi connectivity index (χ1n) is 7.35. The first kappa shape index (κ1) is 12.8. The number of nitrogens with zero attached hydrogens (tertiary/aromatic N) is 1. The van der Waals surface area contributed by atoms with E-state index in [1.54, 1.807) is 0 Å². The summed E-state index contributed by atoms with van der Waals surface area (Å²) in [5, 5.41) is 2.13. The smallest absolute Gasteiger partial charge is 0.210 e. The molecule has 0 atom stereocenters. The summed E-state index contributed by atoms with van der Waals surface area (Å²) in [6.07, 6.45) is 1.96. The molecule has 0 unspecified atom stereocenters. The summed E-state index contributed by atoms with van der Waals surface area (Å²) in [6.45, 7) is 2.05. The second kappa shape index (κ2) is 4.85. The fourth-order valence-corrected chi connectivity index (χ4v) is 3.02. The topological polar surface area (TPSA) is 21.5 Å². The number of carbonyl (C=O) groups excluding carboxylic acids is 1. The van der Waals surface area contributed by atoms with Crippen molar-refractivity contribution in [2.24, 2.45) is 0 Å². The maximum Gasteiger partial charge on any atom is 0.210 e. The van der Waals surface area contributed by atoms with Gasteiger partial charge in [0.15, 0.2) is 0 Å². The number of benzene rings is 2. The Hall–Kier alpha value is -2.87. The van der Waals surface area contributed by atoms with Gasteiger partial charge in [-0.2, -0.15) is 0 Å². The summed E-state index contributed by atoms with van der Waals surface area (Å²) in [7, 11) is 0. The molecule has 0 aliphatic rings. The van der Waals surface area contributed by atoms with E-state index < -0.39 is 0 Å². The normalized spacial score (nSPS) is 11.1. The Kier molecular flexibility index (Phi) is 2.83. The van der Waals surface area contributed by atoms with E-state index in [9.17, 15) is 4.79 Å². The molecule has 0 fully saturated rings. The number of ketones is 1. The van der Waals surface area contributed by atoms with E-state index in [1.165, 1.54) is 0 Å². The average molecular weight is 285 g/mol. The predicted molar refractivity (Wildman–Crippen MR) is 89.5 cm³/mol. The SMILES string of the molecule is Cc1ccc2c(c1)c(C(=O)c1ccccc1)n1ccccc21. The fourth-order valence-electron chi connectivity index (χ4n) is 3.02. The zero-order chi connectivity index (χ0) is 15.1. The van der Waals surface area contributed by atoms with Gasteiger partial charge in [0.25, 0.3) is 0 Å². The molecule has 0 aliphatic heterocycles. The van der Waals surface area contributed by atoms with Crippen molar-refractivity contribution < 1.29 is 4.79 Å². The van der Waals surface area contributed by atoms with E-state index in [0.717, 1.165) is 27.5 Å². The van der Waals surface area contributed by atoms with E-state index in [1.807, 2.05) is 53.1 Å². The molecule has 2 nitrogen and oxygen atoms in total. The van der Waals surface area contributed by atoms with Crippen molar-refractivity contribution in [2.75, 3.05) is 0 Å². The minimum absolute atomic E-state index is 0.0578. The molecule has 2 aromatic carbocycles. The van der Waals surface area contributed by atoms with E-state index in [-0.39, 0.29) is 5.78 Å². The third-order valence-electron chi connectivity index (χ3n) is 4.06. The van der Waals surface area contributed by atoms with Crippen LogP contribution >= 0.6 is 0 Å². The summed E-state index contributed by atoms with van der Waals surface area (Å²) < 4.78 is 2.00. The molecular weight excluding hydrogens is 270 g/mol. The quantitative estimate of drug-likeness (QED) is 0.492. The van der Waals surface area contributed by atoms with Crippen molar-refractivity contribution in [3.05, 3.63) is 89.7 Å². The highest BCUT2D eigenvalue weighted by molar-refractivity contribution is 6.19. The Balaban J connectivity index is 2.10. The van der Waals surface area contributed by atoms with Crippen LogP contribution in [0.3, 0.4) is 0 Å². The molecule has 4 rings (SSSR count). The third-order valence-corrected chi connectivity index (χ3v) is 4.06. The number of carbonyl (C=O) groups is 1. The van der Waals surface area contributed by atoms with Crippen LogP contribution in [0.1, 0.15) is 21.6 Å². The number of rotatable bonds is 2. The molecule has 0 aliphatic carbocycles. The zero-order valence-electron chi connectivity index (χ0n) is 12.3. The average Bonchev–Trinajstić information content (AvgIpc) is 2.88. The number of hydrogen-bond acceptors (Lipinski definition) is 1. The van der Waals surface area contributed by atoms with Crippen LogP contribution in [0.4, 0.5) is 0 Å². The van der Waals surface area contributed by atoms with Gasteiger partial charge in [0.05, 0.1) is 5.52 Å². The Morgan fingerprint density at radius 1 is 0.864 bits per heavy atom. The van der Waals surface area contributed by atoms with E-state index >= 15 is 0 Å². The van der Waals surface area contributed by atoms with Gasteiger partial charge in [-0.25, -0.2) is 0 Å². The Bertz CT molecular complexity index is 996. The second-order valence-electron chi connectivity index (χ2n) is 5.55. The van der Waals surface area contributed by atoms with Gasteiger partial charge in [0.2, 0.25) is 5.78 Å². The van der Waals surface area contributed by atoms with Crippen LogP contribution in [0.2, 0.25) is 0 Å². The summed E-state index contributed by atoms with van der Waals surface area (Å²) in [5.74, 6) is 0.0578. The summed E-state index contributed by atoms with van der Waals surface area (Å²) >= 11 is 0. The molecule has 0 spiro atoms. The maximum atomic E-state index is 13.0. The van der Waals surface area contributed by atoms with Crippen molar-refractivity contribution in [3.8, 4) is 0 Å². The van der Waals surface area contributed by atoms with E-state index in [4.69, 9.17) is 0 Å². The molecule has 2 aromatic heterocycles. The summed E-state index contributed by atoms with van der Waals surface area (Å²) in [6, 6.07) is 21.8. The van der Waals surface area contributed by atoms with Gasteiger partial charge in [0, 0.05) is 22.5 Å². The first-order chi connectivity index (χ1) is 10.8. The van der Waals surface area contributed by atoms with Gasteiger partial charge in [-0.1, -0.05) is 54.1 Å². The maximum absolute atomic E-state index is 13.0. The van der Waals surface area contributed by atoms with Gasteiger partial charge in [0.1, 0.15) is 5.69 Å². The molecule has 0 N–H and O–H groups in total. The molecule has 0 bridgehead atoms. The van der Waals surface area contributed by atoms with Crippen LogP contribution < -0.4 is 0 Å². The minimum Gasteiger partial charge on any atom is -0.313 e. The number of aromatic nitrogens is 1. The molecule has 2 heterocycles. The minimum atomic E-state index is 0.0578. The lowest BCUT2D eigenvalue weighted by Crippen LogP contribution is -2.05. The Labute approximate surface area is 128 Å². The van der Waals surface area contributed by atoms with Gasteiger partial charge in [-0.05, 0) is 25.1 Å². The predicted octanol–water partition coefficient (Wildman–Crippen LogP) is 4.63.